The van der Waals surface area contributed by atoms with Gasteiger partial charge in [-0.05, 0) is 45.0 Å². The van der Waals surface area contributed by atoms with Gasteiger partial charge >= 0.3 is 0 Å². The quantitative estimate of drug-likeness (QED) is 0.568. The van der Waals surface area contributed by atoms with Crippen molar-refractivity contribution in [2.24, 2.45) is 5.10 Å². The van der Waals surface area contributed by atoms with Gasteiger partial charge in [0.1, 0.15) is 0 Å². The van der Waals surface area contributed by atoms with Crippen LogP contribution in [0.25, 0.3) is 0 Å². The van der Waals surface area contributed by atoms with Crippen LogP contribution in [0.2, 0.25) is 0 Å². The number of benzene rings is 1. The minimum Gasteiger partial charge on any atom is -0.319 e. The largest absolute Gasteiger partial charge is 0.319 e. The molecule has 0 aromatic heterocycles. The summed E-state index contributed by atoms with van der Waals surface area (Å²) in [6.45, 7) is 7.21. The fourth-order valence-corrected chi connectivity index (χ4v) is 2.02. The van der Waals surface area contributed by atoms with E-state index in [4.69, 9.17) is 0 Å². The molecule has 1 rings (SSSR count). The first-order valence-corrected chi connectivity index (χ1v) is 7.58. The van der Waals surface area contributed by atoms with Crippen molar-refractivity contribution in [3.63, 3.8) is 0 Å². The van der Waals surface area contributed by atoms with E-state index in [2.05, 4.69) is 55.5 Å². The summed E-state index contributed by atoms with van der Waals surface area (Å²) in [5.41, 5.74) is 3.46. The van der Waals surface area contributed by atoms with E-state index in [-0.39, 0.29) is 0 Å². The number of nitrogens with one attached hydrogen (secondary N) is 1. The Hall–Kier alpha value is -1.87. The van der Waals surface area contributed by atoms with Gasteiger partial charge in [0.05, 0.1) is 11.9 Å². The minimum absolute atomic E-state index is 0.933. The van der Waals surface area contributed by atoms with E-state index in [1.807, 2.05) is 36.5 Å². The standard InChI is InChI=1S/C18H27N3/c1-5-10-16(3)15-20-21(17(6-2)13-14-19-4)18-11-8-7-9-12-18/h6-12,15,19H,5,13-14H2,1-4H3/b16-10+,17-6+,20-15+. The molecule has 0 radical (unpaired) electrons. The summed E-state index contributed by atoms with van der Waals surface area (Å²) in [6.07, 6.45) is 8.20. The van der Waals surface area contributed by atoms with Crippen molar-refractivity contribution < 1.29 is 0 Å². The van der Waals surface area contributed by atoms with Crippen LogP contribution >= 0.6 is 0 Å². The summed E-state index contributed by atoms with van der Waals surface area (Å²) in [7, 11) is 1.97. The number of rotatable bonds is 8. The van der Waals surface area contributed by atoms with E-state index in [1.54, 1.807) is 0 Å². The van der Waals surface area contributed by atoms with Gasteiger partial charge in [-0.25, -0.2) is 5.01 Å². The van der Waals surface area contributed by atoms with Crippen LogP contribution in [-0.4, -0.2) is 19.8 Å². The van der Waals surface area contributed by atoms with Crippen LogP contribution in [0.1, 0.15) is 33.6 Å². The van der Waals surface area contributed by atoms with E-state index in [1.165, 1.54) is 11.3 Å². The lowest BCUT2D eigenvalue weighted by molar-refractivity contribution is 0.758. The lowest BCUT2D eigenvalue weighted by Crippen LogP contribution is -2.20. The molecule has 0 spiro atoms. The summed E-state index contributed by atoms with van der Waals surface area (Å²) in [4.78, 5) is 0. The molecule has 1 N–H and O–H groups in total. The third-order valence-corrected chi connectivity index (χ3v) is 3.14. The third-order valence-electron chi connectivity index (χ3n) is 3.14. The van der Waals surface area contributed by atoms with Gasteiger partial charge in [-0.3, -0.25) is 0 Å². The number of hydrogen-bond donors (Lipinski definition) is 1. The Bertz CT molecular complexity index is 486. The number of nitrogens with zero attached hydrogens (tertiary/aromatic N) is 2. The van der Waals surface area contributed by atoms with Crippen LogP contribution < -0.4 is 10.3 Å². The summed E-state index contributed by atoms with van der Waals surface area (Å²) >= 11 is 0. The van der Waals surface area contributed by atoms with E-state index in [0.717, 1.165) is 25.1 Å². The van der Waals surface area contributed by atoms with Gasteiger partial charge in [-0.15, -0.1) is 0 Å². The summed E-state index contributed by atoms with van der Waals surface area (Å²) in [5.74, 6) is 0. The normalized spacial score (nSPS) is 13.0. The molecule has 0 aliphatic carbocycles. The van der Waals surface area contributed by atoms with Gasteiger partial charge < -0.3 is 5.32 Å². The smallest absolute Gasteiger partial charge is 0.0648 e. The molecule has 1 aromatic rings. The van der Waals surface area contributed by atoms with Gasteiger partial charge in [-0.1, -0.05) is 37.3 Å². The SMILES string of the molecule is C/C=C(\CCNC)N(/N=C/C(C)=C/CC)c1ccccc1. The third kappa shape index (κ3) is 5.96. The molecule has 21 heavy (non-hydrogen) atoms. The zero-order valence-corrected chi connectivity index (χ0v) is 13.6. The van der Waals surface area contributed by atoms with Crippen molar-refractivity contribution in [1.29, 1.82) is 0 Å². The maximum absolute atomic E-state index is 4.68. The predicted molar refractivity (Wildman–Crippen MR) is 93.8 cm³/mol. The fourth-order valence-electron chi connectivity index (χ4n) is 2.02. The van der Waals surface area contributed by atoms with Gasteiger partial charge in [0.2, 0.25) is 0 Å². The summed E-state index contributed by atoms with van der Waals surface area (Å²) in [6, 6.07) is 10.3. The number of allylic oxidation sites excluding steroid dienone is 3. The van der Waals surface area contributed by atoms with Gasteiger partial charge in [0.15, 0.2) is 0 Å². The molecule has 0 heterocycles. The van der Waals surface area contributed by atoms with E-state index >= 15 is 0 Å². The van der Waals surface area contributed by atoms with E-state index in [0.29, 0.717) is 0 Å². The first-order chi connectivity index (χ1) is 10.2. The second kappa shape index (κ2) is 9.94. The zero-order chi connectivity index (χ0) is 15.5. The lowest BCUT2D eigenvalue weighted by Gasteiger charge is -2.22. The van der Waals surface area contributed by atoms with Gasteiger partial charge in [0, 0.05) is 18.7 Å². The number of hydrogen-bond acceptors (Lipinski definition) is 3. The highest BCUT2D eigenvalue weighted by atomic mass is 15.5. The molecule has 0 saturated carbocycles. The molecule has 0 fully saturated rings. The highest BCUT2D eigenvalue weighted by Crippen LogP contribution is 2.21. The highest BCUT2D eigenvalue weighted by Gasteiger charge is 2.09. The van der Waals surface area contributed by atoms with Crippen molar-refractivity contribution in [2.75, 3.05) is 18.6 Å². The van der Waals surface area contributed by atoms with Crippen LogP contribution in [0, 0.1) is 0 Å². The Morgan fingerprint density at radius 2 is 2.00 bits per heavy atom. The molecule has 0 unspecified atom stereocenters. The van der Waals surface area contributed by atoms with Crippen LogP contribution in [0.5, 0.6) is 0 Å². The maximum Gasteiger partial charge on any atom is 0.0648 e. The number of para-hydroxylation sites is 1. The highest BCUT2D eigenvalue weighted by molar-refractivity contribution is 5.79. The zero-order valence-electron chi connectivity index (χ0n) is 13.6. The molecule has 0 saturated heterocycles. The minimum atomic E-state index is 0.933. The molecule has 1 aromatic carbocycles. The molecule has 0 atom stereocenters. The first-order valence-electron chi connectivity index (χ1n) is 7.58. The van der Waals surface area contributed by atoms with Crippen molar-refractivity contribution in [3.05, 3.63) is 53.8 Å². The maximum atomic E-state index is 4.68. The van der Waals surface area contributed by atoms with Crippen LogP contribution in [0.4, 0.5) is 5.69 Å². The second-order valence-corrected chi connectivity index (χ2v) is 4.88. The van der Waals surface area contributed by atoms with Gasteiger partial charge in [-0.2, -0.15) is 5.10 Å². The van der Waals surface area contributed by atoms with Crippen LogP contribution in [0.3, 0.4) is 0 Å². The van der Waals surface area contributed by atoms with Gasteiger partial charge in [0.25, 0.3) is 0 Å². The average Bonchev–Trinajstić information content (AvgIpc) is 2.51. The van der Waals surface area contributed by atoms with Crippen molar-refractivity contribution in [3.8, 4) is 0 Å². The summed E-state index contributed by atoms with van der Waals surface area (Å²) < 4.78 is 0. The Morgan fingerprint density at radius 1 is 1.29 bits per heavy atom. The van der Waals surface area contributed by atoms with E-state index < -0.39 is 0 Å². The van der Waals surface area contributed by atoms with E-state index in [9.17, 15) is 0 Å². The molecular weight excluding hydrogens is 258 g/mol. The molecule has 0 bridgehead atoms. The molecule has 0 amide bonds. The Balaban J connectivity index is 3.03. The van der Waals surface area contributed by atoms with Crippen LogP contribution in [0.15, 0.2) is 58.9 Å². The number of hydrazone groups is 1. The molecule has 0 aliphatic rings. The molecule has 0 aliphatic heterocycles. The topological polar surface area (TPSA) is 27.6 Å². The Morgan fingerprint density at radius 3 is 2.57 bits per heavy atom. The van der Waals surface area contributed by atoms with Crippen molar-refractivity contribution in [2.45, 2.75) is 33.6 Å². The lowest BCUT2D eigenvalue weighted by atomic mass is 10.2. The molecule has 3 nitrogen and oxygen atoms in total. The van der Waals surface area contributed by atoms with Crippen molar-refractivity contribution in [1.82, 2.24) is 5.32 Å². The predicted octanol–water partition coefficient (Wildman–Crippen LogP) is 4.35. The summed E-state index contributed by atoms with van der Waals surface area (Å²) in [5, 5.41) is 9.89. The second-order valence-electron chi connectivity index (χ2n) is 4.88. The molecular formula is C18H27N3. The van der Waals surface area contributed by atoms with Crippen molar-refractivity contribution >= 4 is 11.9 Å². The average molecular weight is 285 g/mol. The van der Waals surface area contributed by atoms with Crippen LogP contribution in [-0.2, 0) is 0 Å². The monoisotopic (exact) mass is 285 g/mol. The molecule has 114 valence electrons. The first kappa shape index (κ1) is 17.2. The molecule has 3 heteroatoms. The number of anilines is 1. The fraction of sp³-hybridized carbons (Fsp3) is 0.389. The Labute approximate surface area is 129 Å². The Kier molecular flexibility index (Phi) is 8.14.